The largest absolute Gasteiger partial charge is 0.342 e. The van der Waals surface area contributed by atoms with Crippen LogP contribution in [0.1, 0.15) is 44.1 Å². The second-order valence-corrected chi connectivity index (χ2v) is 9.97. The molecule has 1 aliphatic heterocycles. The maximum absolute atomic E-state index is 13.1. The maximum atomic E-state index is 13.1. The second-order valence-electron chi connectivity index (χ2n) is 7.46. The monoisotopic (exact) mass is 393 g/mol. The Morgan fingerprint density at radius 2 is 1.88 bits per heavy atom. The van der Waals surface area contributed by atoms with Gasteiger partial charge >= 0.3 is 0 Å². The lowest BCUT2D eigenvalue weighted by molar-refractivity contribution is -0.129. The number of carbonyl (C=O) groups excluding carboxylic acids is 1. The van der Waals surface area contributed by atoms with Gasteiger partial charge in [-0.1, -0.05) is 25.6 Å². The fourth-order valence-electron chi connectivity index (χ4n) is 3.33. The van der Waals surface area contributed by atoms with Gasteiger partial charge < -0.3 is 4.90 Å². The number of hydrogen-bond acceptors (Lipinski definition) is 5. The minimum Gasteiger partial charge on any atom is -0.342 e. The van der Waals surface area contributed by atoms with Crippen LogP contribution in [0.5, 0.6) is 0 Å². The van der Waals surface area contributed by atoms with E-state index in [9.17, 15) is 9.59 Å². The number of rotatable bonds is 5. The van der Waals surface area contributed by atoms with Crippen molar-refractivity contribution in [1.82, 2.24) is 14.5 Å². The van der Waals surface area contributed by atoms with E-state index in [-0.39, 0.29) is 16.7 Å². The number of nitrogens with zero attached hydrogens (tertiary/aromatic N) is 3. The average Bonchev–Trinajstić information content (AvgIpc) is 3.19. The van der Waals surface area contributed by atoms with Gasteiger partial charge in [0.05, 0.1) is 10.6 Å². The van der Waals surface area contributed by atoms with Gasteiger partial charge in [-0.25, -0.2) is 4.98 Å². The van der Waals surface area contributed by atoms with Crippen LogP contribution in [-0.2, 0) is 11.3 Å². The fraction of sp³-hybridized carbons (Fsp3) is 0.632. The molecule has 1 unspecified atom stereocenters. The topological polar surface area (TPSA) is 55.2 Å². The van der Waals surface area contributed by atoms with Crippen LogP contribution >= 0.6 is 23.1 Å². The van der Waals surface area contributed by atoms with Gasteiger partial charge in [0.25, 0.3) is 5.56 Å². The number of hydrogen-bond donors (Lipinski definition) is 0. The number of aryl methyl sites for hydroxylation is 2. The first-order valence-electron chi connectivity index (χ1n) is 9.25. The van der Waals surface area contributed by atoms with Crippen LogP contribution in [0, 0.1) is 19.8 Å². The van der Waals surface area contributed by atoms with Crippen molar-refractivity contribution in [2.75, 3.05) is 13.1 Å². The van der Waals surface area contributed by atoms with Crippen LogP contribution in [0.15, 0.2) is 9.95 Å². The van der Waals surface area contributed by atoms with Gasteiger partial charge in [-0.05, 0) is 45.1 Å². The molecule has 0 aliphatic carbocycles. The van der Waals surface area contributed by atoms with Gasteiger partial charge in [-0.2, -0.15) is 0 Å². The Morgan fingerprint density at radius 3 is 2.50 bits per heavy atom. The van der Waals surface area contributed by atoms with Gasteiger partial charge in [0.2, 0.25) is 5.91 Å². The maximum Gasteiger partial charge on any atom is 0.263 e. The molecule has 0 spiro atoms. The number of amides is 1. The van der Waals surface area contributed by atoms with Crippen LogP contribution in [0.4, 0.5) is 0 Å². The van der Waals surface area contributed by atoms with Crippen LogP contribution in [0.3, 0.4) is 0 Å². The van der Waals surface area contributed by atoms with Gasteiger partial charge in [0, 0.05) is 24.5 Å². The van der Waals surface area contributed by atoms with E-state index >= 15 is 0 Å². The smallest absolute Gasteiger partial charge is 0.263 e. The van der Waals surface area contributed by atoms with E-state index in [1.165, 1.54) is 11.8 Å². The number of fused-ring (bicyclic) bond motifs is 1. The summed E-state index contributed by atoms with van der Waals surface area (Å²) in [7, 11) is 0. The molecule has 0 radical (unpaired) electrons. The summed E-state index contributed by atoms with van der Waals surface area (Å²) >= 11 is 2.98. The predicted octanol–water partition coefficient (Wildman–Crippen LogP) is 3.83. The Hall–Kier alpha value is -1.34. The van der Waals surface area contributed by atoms with Gasteiger partial charge in [-0.15, -0.1) is 11.3 Å². The van der Waals surface area contributed by atoms with E-state index in [1.807, 2.05) is 25.7 Å². The zero-order valence-electron chi connectivity index (χ0n) is 16.2. The molecule has 3 rings (SSSR count). The molecule has 1 amide bonds. The highest BCUT2D eigenvalue weighted by Gasteiger charge is 2.26. The normalized spacial score (nSPS) is 16.0. The van der Waals surface area contributed by atoms with Crippen molar-refractivity contribution in [1.29, 1.82) is 0 Å². The van der Waals surface area contributed by atoms with Crippen LogP contribution in [0.2, 0.25) is 0 Å². The lowest BCUT2D eigenvalue weighted by atomic mass is 10.2. The summed E-state index contributed by atoms with van der Waals surface area (Å²) in [6.07, 6.45) is 2.16. The Balaban J connectivity index is 2.00. The SMILES string of the molecule is Cc1sc2nc(SC(C)C(=O)N3CCCC3)n(CC(C)C)c(=O)c2c1C. The Labute approximate surface area is 162 Å². The van der Waals surface area contributed by atoms with E-state index in [0.717, 1.165) is 46.6 Å². The van der Waals surface area contributed by atoms with E-state index < -0.39 is 0 Å². The highest BCUT2D eigenvalue weighted by Crippen LogP contribution is 2.30. The second kappa shape index (κ2) is 7.72. The number of aromatic nitrogens is 2. The van der Waals surface area contributed by atoms with Crippen molar-refractivity contribution in [3.05, 3.63) is 20.8 Å². The molecule has 1 atom stereocenters. The first kappa shape index (κ1) is 19.4. The van der Waals surface area contributed by atoms with Crippen molar-refractivity contribution in [3.63, 3.8) is 0 Å². The first-order valence-corrected chi connectivity index (χ1v) is 10.9. The lowest BCUT2D eigenvalue weighted by Gasteiger charge is -2.21. The Morgan fingerprint density at radius 1 is 1.23 bits per heavy atom. The average molecular weight is 394 g/mol. The Kier molecular flexibility index (Phi) is 5.77. The summed E-state index contributed by atoms with van der Waals surface area (Å²) in [6.45, 7) is 12.4. The van der Waals surface area contributed by atoms with Gasteiger partial charge in [0.1, 0.15) is 4.83 Å². The van der Waals surface area contributed by atoms with Crippen molar-refractivity contribution < 1.29 is 4.79 Å². The zero-order valence-corrected chi connectivity index (χ0v) is 17.8. The first-order chi connectivity index (χ1) is 12.3. The minimum atomic E-state index is -0.238. The molecule has 5 nitrogen and oxygen atoms in total. The van der Waals surface area contributed by atoms with Crippen LogP contribution in [0.25, 0.3) is 10.2 Å². The van der Waals surface area contributed by atoms with Crippen molar-refractivity contribution in [2.24, 2.45) is 5.92 Å². The molecule has 1 aliphatic rings. The molecule has 0 saturated carbocycles. The van der Waals surface area contributed by atoms with Crippen molar-refractivity contribution in [3.8, 4) is 0 Å². The fourth-order valence-corrected chi connectivity index (χ4v) is 5.40. The van der Waals surface area contributed by atoms with E-state index in [1.54, 1.807) is 15.9 Å². The quantitative estimate of drug-likeness (QED) is 0.572. The molecule has 0 aromatic carbocycles. The number of thiophene rings is 1. The van der Waals surface area contributed by atoms with Crippen LogP contribution < -0.4 is 5.56 Å². The molecule has 2 aromatic rings. The molecule has 2 aromatic heterocycles. The predicted molar refractivity (Wildman–Crippen MR) is 109 cm³/mol. The van der Waals surface area contributed by atoms with Crippen molar-refractivity contribution >= 4 is 39.2 Å². The zero-order chi connectivity index (χ0) is 19.0. The minimum absolute atomic E-state index is 0.0221. The molecule has 3 heterocycles. The van der Waals surface area contributed by atoms with E-state index in [4.69, 9.17) is 4.98 Å². The number of likely N-dealkylation sites (tertiary alicyclic amines) is 1. The summed E-state index contributed by atoms with van der Waals surface area (Å²) < 4.78 is 1.77. The van der Waals surface area contributed by atoms with Gasteiger partial charge in [0.15, 0.2) is 5.16 Å². The summed E-state index contributed by atoms with van der Waals surface area (Å²) in [5, 5.41) is 1.16. The number of carbonyl (C=O) groups is 1. The standard InChI is InChI=1S/C19H27N3O2S2/c1-11(2)10-22-18(24)15-12(3)13(4)25-16(15)20-19(22)26-14(5)17(23)21-8-6-7-9-21/h11,14H,6-10H2,1-5H3. The molecule has 1 fully saturated rings. The third kappa shape index (κ3) is 3.69. The van der Waals surface area contributed by atoms with Crippen molar-refractivity contribution in [2.45, 2.75) is 64.4 Å². The lowest BCUT2D eigenvalue weighted by Crippen LogP contribution is -2.35. The highest BCUT2D eigenvalue weighted by atomic mass is 32.2. The molecular weight excluding hydrogens is 366 g/mol. The molecule has 0 bridgehead atoms. The molecule has 142 valence electrons. The highest BCUT2D eigenvalue weighted by molar-refractivity contribution is 8.00. The third-order valence-corrected chi connectivity index (χ3v) is 7.03. The Bertz CT molecular complexity index is 879. The van der Waals surface area contributed by atoms with E-state index in [0.29, 0.717) is 17.6 Å². The number of thioether (sulfide) groups is 1. The summed E-state index contributed by atoms with van der Waals surface area (Å²) in [5.41, 5.74) is 1.05. The molecule has 1 saturated heterocycles. The molecular formula is C19H27N3O2S2. The summed E-state index contributed by atoms with van der Waals surface area (Å²) in [5.74, 6) is 0.479. The molecule has 0 N–H and O–H groups in total. The third-order valence-electron chi connectivity index (χ3n) is 4.85. The van der Waals surface area contributed by atoms with Gasteiger partial charge in [-0.3, -0.25) is 14.2 Å². The van der Waals surface area contributed by atoms with Crippen LogP contribution in [-0.4, -0.2) is 38.7 Å². The molecule has 26 heavy (non-hydrogen) atoms. The van der Waals surface area contributed by atoms with E-state index in [2.05, 4.69) is 13.8 Å². The summed E-state index contributed by atoms with van der Waals surface area (Å²) in [4.78, 5) is 34.5. The molecule has 7 heteroatoms. The summed E-state index contributed by atoms with van der Waals surface area (Å²) in [6, 6.07) is 0.